The van der Waals surface area contributed by atoms with Crippen molar-refractivity contribution in [3.63, 3.8) is 0 Å². The first-order chi connectivity index (χ1) is 9.06. The standard InChI is InChI=1S/C10H7ClN4O3S/c11-6-3-5(8(16)17)1-2-7(6)13-9(18)14-10-15-12-4-19-10/h1-4H,(H,16,17)(H2,13,14,15,18). The summed E-state index contributed by atoms with van der Waals surface area (Å²) in [5.74, 6) is -1.09. The molecule has 0 saturated heterocycles. The van der Waals surface area contributed by atoms with Gasteiger partial charge in [-0.25, -0.2) is 9.59 Å². The fraction of sp³-hybridized carbons (Fsp3) is 0. The number of nitrogens with zero attached hydrogens (tertiary/aromatic N) is 2. The second-order valence-electron chi connectivity index (χ2n) is 3.32. The lowest BCUT2D eigenvalue weighted by Gasteiger charge is -2.07. The normalized spacial score (nSPS) is 9.95. The fourth-order valence-electron chi connectivity index (χ4n) is 1.23. The van der Waals surface area contributed by atoms with Gasteiger partial charge in [0.25, 0.3) is 0 Å². The largest absolute Gasteiger partial charge is 0.478 e. The van der Waals surface area contributed by atoms with Gasteiger partial charge in [0.1, 0.15) is 5.51 Å². The first kappa shape index (κ1) is 13.2. The van der Waals surface area contributed by atoms with Crippen molar-refractivity contribution in [2.24, 2.45) is 0 Å². The lowest BCUT2D eigenvalue weighted by molar-refractivity contribution is 0.0697. The smallest absolute Gasteiger partial charge is 0.335 e. The van der Waals surface area contributed by atoms with Crippen molar-refractivity contribution in [2.45, 2.75) is 0 Å². The summed E-state index contributed by atoms with van der Waals surface area (Å²) < 4.78 is 0. The van der Waals surface area contributed by atoms with Crippen LogP contribution in [0.5, 0.6) is 0 Å². The highest BCUT2D eigenvalue weighted by Crippen LogP contribution is 2.23. The lowest BCUT2D eigenvalue weighted by atomic mass is 10.2. The highest BCUT2D eigenvalue weighted by molar-refractivity contribution is 7.13. The number of hydrogen-bond donors (Lipinski definition) is 3. The molecule has 1 aromatic carbocycles. The molecule has 0 aliphatic carbocycles. The van der Waals surface area contributed by atoms with Crippen LogP contribution in [-0.2, 0) is 0 Å². The summed E-state index contributed by atoms with van der Waals surface area (Å²) in [6.45, 7) is 0. The topological polar surface area (TPSA) is 104 Å². The van der Waals surface area contributed by atoms with Crippen molar-refractivity contribution in [1.82, 2.24) is 10.2 Å². The molecule has 0 saturated carbocycles. The number of anilines is 2. The van der Waals surface area contributed by atoms with Gasteiger partial charge in [0.05, 0.1) is 16.3 Å². The maximum Gasteiger partial charge on any atom is 0.335 e. The summed E-state index contributed by atoms with van der Waals surface area (Å²) in [4.78, 5) is 22.3. The van der Waals surface area contributed by atoms with Crippen molar-refractivity contribution in [3.05, 3.63) is 34.3 Å². The second kappa shape index (κ2) is 5.63. The molecule has 0 atom stereocenters. The maximum atomic E-state index is 11.6. The molecule has 98 valence electrons. The maximum absolute atomic E-state index is 11.6. The SMILES string of the molecule is O=C(Nc1nncs1)Nc1ccc(C(=O)O)cc1Cl. The Morgan fingerprint density at radius 3 is 2.68 bits per heavy atom. The molecule has 2 rings (SSSR count). The van der Waals surface area contributed by atoms with Crippen LogP contribution in [0.25, 0.3) is 0 Å². The summed E-state index contributed by atoms with van der Waals surface area (Å²) >= 11 is 7.04. The summed E-state index contributed by atoms with van der Waals surface area (Å²) in [5, 5.41) is 21.4. The molecule has 0 spiro atoms. The van der Waals surface area contributed by atoms with Crippen LogP contribution in [0.4, 0.5) is 15.6 Å². The Morgan fingerprint density at radius 2 is 2.11 bits per heavy atom. The van der Waals surface area contributed by atoms with Crippen molar-refractivity contribution in [3.8, 4) is 0 Å². The van der Waals surface area contributed by atoms with Crippen LogP contribution in [0, 0.1) is 0 Å². The van der Waals surface area contributed by atoms with Crippen LogP contribution in [-0.4, -0.2) is 27.3 Å². The molecule has 0 bridgehead atoms. The first-order valence-corrected chi connectivity index (χ1v) is 6.19. The van der Waals surface area contributed by atoms with Crippen LogP contribution in [0.15, 0.2) is 23.7 Å². The molecule has 3 N–H and O–H groups in total. The minimum atomic E-state index is -1.09. The van der Waals surface area contributed by atoms with E-state index in [0.717, 1.165) is 0 Å². The zero-order valence-corrected chi connectivity index (χ0v) is 10.8. The summed E-state index contributed by atoms with van der Waals surface area (Å²) in [5.41, 5.74) is 1.82. The molecule has 0 fully saturated rings. The monoisotopic (exact) mass is 298 g/mol. The molecule has 2 amide bonds. The van der Waals surface area contributed by atoms with Gasteiger partial charge in [-0.05, 0) is 18.2 Å². The molecule has 0 aliphatic rings. The second-order valence-corrected chi connectivity index (χ2v) is 4.56. The zero-order chi connectivity index (χ0) is 13.8. The van der Waals surface area contributed by atoms with E-state index in [1.165, 1.54) is 35.0 Å². The van der Waals surface area contributed by atoms with Gasteiger partial charge in [0.2, 0.25) is 5.13 Å². The van der Waals surface area contributed by atoms with Gasteiger partial charge < -0.3 is 10.4 Å². The number of aromatic carboxylic acids is 1. The highest BCUT2D eigenvalue weighted by Gasteiger charge is 2.10. The van der Waals surface area contributed by atoms with E-state index in [9.17, 15) is 9.59 Å². The minimum Gasteiger partial charge on any atom is -0.478 e. The van der Waals surface area contributed by atoms with E-state index in [1.54, 1.807) is 0 Å². The highest BCUT2D eigenvalue weighted by atomic mass is 35.5. The molecule has 19 heavy (non-hydrogen) atoms. The summed E-state index contributed by atoms with van der Waals surface area (Å²) in [6.07, 6.45) is 0. The Morgan fingerprint density at radius 1 is 1.32 bits per heavy atom. The molecular formula is C10H7ClN4O3S. The van der Waals surface area contributed by atoms with E-state index >= 15 is 0 Å². The third-order valence-corrected chi connectivity index (χ3v) is 2.96. The predicted octanol–water partition coefficient (Wildman–Crippen LogP) is 2.53. The van der Waals surface area contributed by atoms with Gasteiger partial charge in [-0.3, -0.25) is 5.32 Å². The quantitative estimate of drug-likeness (QED) is 0.807. The van der Waals surface area contributed by atoms with Crippen LogP contribution in [0.1, 0.15) is 10.4 Å². The molecule has 1 aromatic heterocycles. The van der Waals surface area contributed by atoms with Crippen LogP contribution in [0.3, 0.4) is 0 Å². The Kier molecular flexibility index (Phi) is 3.93. The van der Waals surface area contributed by atoms with Gasteiger partial charge in [-0.1, -0.05) is 22.9 Å². The zero-order valence-electron chi connectivity index (χ0n) is 9.25. The number of carbonyl (C=O) groups excluding carboxylic acids is 1. The Bertz CT molecular complexity index is 617. The Hall–Kier alpha value is -2.19. The average Bonchev–Trinajstić information content (AvgIpc) is 2.84. The van der Waals surface area contributed by atoms with E-state index in [-0.39, 0.29) is 10.6 Å². The minimum absolute atomic E-state index is 0.0417. The summed E-state index contributed by atoms with van der Waals surface area (Å²) in [7, 11) is 0. The van der Waals surface area contributed by atoms with Gasteiger partial charge >= 0.3 is 12.0 Å². The van der Waals surface area contributed by atoms with Crippen LogP contribution < -0.4 is 10.6 Å². The molecule has 7 nitrogen and oxygen atoms in total. The Labute approximate surface area is 116 Å². The number of nitrogens with one attached hydrogen (secondary N) is 2. The number of carboxylic acids is 1. The van der Waals surface area contributed by atoms with Crippen molar-refractivity contribution in [1.29, 1.82) is 0 Å². The molecular weight excluding hydrogens is 292 g/mol. The van der Waals surface area contributed by atoms with E-state index < -0.39 is 12.0 Å². The van der Waals surface area contributed by atoms with Crippen molar-refractivity contribution >= 4 is 45.8 Å². The molecule has 9 heteroatoms. The average molecular weight is 299 g/mol. The van der Waals surface area contributed by atoms with E-state index in [1.807, 2.05) is 0 Å². The van der Waals surface area contributed by atoms with Crippen LogP contribution in [0.2, 0.25) is 5.02 Å². The van der Waals surface area contributed by atoms with E-state index in [2.05, 4.69) is 20.8 Å². The number of benzene rings is 1. The molecule has 2 aromatic rings. The predicted molar refractivity (Wildman–Crippen MR) is 71.0 cm³/mol. The van der Waals surface area contributed by atoms with Crippen molar-refractivity contribution < 1.29 is 14.7 Å². The summed E-state index contributed by atoms with van der Waals surface area (Å²) in [6, 6.07) is 3.46. The lowest BCUT2D eigenvalue weighted by Crippen LogP contribution is -2.19. The van der Waals surface area contributed by atoms with Crippen LogP contribution >= 0.6 is 22.9 Å². The number of rotatable bonds is 3. The van der Waals surface area contributed by atoms with Gasteiger partial charge in [0.15, 0.2) is 0 Å². The first-order valence-electron chi connectivity index (χ1n) is 4.93. The number of carboxylic acid groups (broad SMARTS) is 1. The number of hydrogen-bond acceptors (Lipinski definition) is 5. The Balaban J connectivity index is 2.07. The van der Waals surface area contributed by atoms with Gasteiger partial charge in [-0.15, -0.1) is 10.2 Å². The number of aromatic nitrogens is 2. The number of amides is 2. The molecule has 0 unspecified atom stereocenters. The van der Waals surface area contributed by atoms with Crippen molar-refractivity contribution in [2.75, 3.05) is 10.6 Å². The fourth-order valence-corrected chi connectivity index (χ4v) is 1.90. The molecule has 1 heterocycles. The molecule has 0 radical (unpaired) electrons. The number of carbonyl (C=O) groups is 2. The van der Waals surface area contributed by atoms with Gasteiger partial charge in [0, 0.05) is 0 Å². The van der Waals surface area contributed by atoms with E-state index in [4.69, 9.17) is 16.7 Å². The molecule has 0 aliphatic heterocycles. The van der Waals surface area contributed by atoms with E-state index in [0.29, 0.717) is 10.8 Å². The number of halogens is 1. The van der Waals surface area contributed by atoms with Gasteiger partial charge in [-0.2, -0.15) is 0 Å². The third-order valence-electron chi connectivity index (χ3n) is 2.04. The third kappa shape index (κ3) is 3.39. The number of urea groups is 1.